The fraction of sp³-hybridized carbons (Fsp3) is 0.294. The lowest BCUT2D eigenvalue weighted by atomic mass is 10.1. The minimum Gasteiger partial charge on any atom is -0.394 e. The Morgan fingerprint density at radius 2 is 2.04 bits per heavy atom. The summed E-state index contributed by atoms with van der Waals surface area (Å²) in [5, 5.41) is 12.8. The SMILES string of the molecule is Cc1ccc(Nc2c(C(=O)NOCCO)cc(C)c(=O)n2C)c(P)c1. The van der Waals surface area contributed by atoms with E-state index in [1.165, 1.54) is 10.6 Å². The molecular formula is C17H22N3O4P. The number of rotatable bonds is 6. The highest BCUT2D eigenvalue weighted by Gasteiger charge is 2.18. The van der Waals surface area contributed by atoms with Gasteiger partial charge >= 0.3 is 0 Å². The molecule has 1 unspecified atom stereocenters. The summed E-state index contributed by atoms with van der Waals surface area (Å²) < 4.78 is 1.39. The van der Waals surface area contributed by atoms with E-state index in [0.717, 1.165) is 16.6 Å². The van der Waals surface area contributed by atoms with Crippen LogP contribution < -0.4 is 21.7 Å². The number of aliphatic hydroxyl groups excluding tert-OH is 1. The summed E-state index contributed by atoms with van der Waals surface area (Å²) in [6.07, 6.45) is 0. The van der Waals surface area contributed by atoms with Crippen LogP contribution in [0.1, 0.15) is 21.5 Å². The van der Waals surface area contributed by atoms with Gasteiger partial charge in [0.25, 0.3) is 11.5 Å². The van der Waals surface area contributed by atoms with Crippen LogP contribution in [0.4, 0.5) is 11.5 Å². The van der Waals surface area contributed by atoms with Gasteiger partial charge in [0.2, 0.25) is 0 Å². The smallest absolute Gasteiger partial charge is 0.278 e. The third kappa shape index (κ3) is 4.45. The number of aliphatic hydroxyl groups is 1. The van der Waals surface area contributed by atoms with Gasteiger partial charge in [-0.3, -0.25) is 19.0 Å². The number of hydrogen-bond donors (Lipinski definition) is 3. The first-order valence-corrected chi connectivity index (χ1v) is 8.29. The molecule has 0 bridgehead atoms. The molecule has 0 aliphatic heterocycles. The number of pyridine rings is 1. The van der Waals surface area contributed by atoms with Crippen molar-refractivity contribution in [2.24, 2.45) is 7.05 Å². The van der Waals surface area contributed by atoms with E-state index in [9.17, 15) is 9.59 Å². The molecule has 1 atom stereocenters. The molecule has 1 aromatic heterocycles. The molecule has 0 fully saturated rings. The molecular weight excluding hydrogens is 341 g/mol. The zero-order valence-electron chi connectivity index (χ0n) is 14.4. The summed E-state index contributed by atoms with van der Waals surface area (Å²) in [5.74, 6) is -0.152. The third-order valence-electron chi connectivity index (χ3n) is 3.66. The summed E-state index contributed by atoms with van der Waals surface area (Å²) in [6.45, 7) is 3.39. The van der Waals surface area contributed by atoms with Crippen molar-refractivity contribution in [2.45, 2.75) is 13.8 Å². The summed E-state index contributed by atoms with van der Waals surface area (Å²) in [5.41, 5.74) is 4.63. The maximum Gasteiger partial charge on any atom is 0.278 e. The fourth-order valence-corrected chi connectivity index (χ4v) is 2.79. The first-order chi connectivity index (χ1) is 11.8. The quantitative estimate of drug-likeness (QED) is 0.403. The molecule has 7 nitrogen and oxygen atoms in total. The van der Waals surface area contributed by atoms with E-state index in [1.54, 1.807) is 14.0 Å². The number of nitrogens with zero attached hydrogens (tertiary/aromatic N) is 1. The molecule has 25 heavy (non-hydrogen) atoms. The van der Waals surface area contributed by atoms with E-state index in [4.69, 9.17) is 9.94 Å². The number of benzene rings is 1. The Bertz CT molecular complexity index is 849. The Kier molecular flexibility index (Phi) is 6.31. The number of carbonyl (C=O) groups is 1. The molecule has 1 heterocycles. The number of anilines is 2. The molecule has 0 radical (unpaired) electrons. The molecule has 0 aliphatic rings. The number of aromatic nitrogens is 1. The Morgan fingerprint density at radius 3 is 2.68 bits per heavy atom. The van der Waals surface area contributed by atoms with Crippen LogP contribution in [-0.2, 0) is 11.9 Å². The fourth-order valence-electron chi connectivity index (χ4n) is 2.36. The Hall–Kier alpha value is -2.21. The first-order valence-electron chi connectivity index (χ1n) is 7.72. The number of aryl methyl sites for hydroxylation is 2. The predicted molar refractivity (Wildman–Crippen MR) is 101 cm³/mol. The highest BCUT2D eigenvalue weighted by molar-refractivity contribution is 7.28. The molecule has 0 aliphatic carbocycles. The van der Waals surface area contributed by atoms with Crippen LogP contribution in [0.15, 0.2) is 29.1 Å². The van der Waals surface area contributed by atoms with Gasteiger partial charge in [0, 0.05) is 18.3 Å². The van der Waals surface area contributed by atoms with E-state index in [2.05, 4.69) is 20.0 Å². The van der Waals surface area contributed by atoms with Crippen molar-refractivity contribution in [3.8, 4) is 0 Å². The highest BCUT2D eigenvalue weighted by Crippen LogP contribution is 2.21. The molecule has 134 valence electrons. The van der Waals surface area contributed by atoms with Gasteiger partial charge in [-0.15, -0.1) is 9.24 Å². The first kappa shape index (κ1) is 19.1. The molecule has 1 amide bonds. The van der Waals surface area contributed by atoms with Crippen molar-refractivity contribution in [1.82, 2.24) is 10.0 Å². The highest BCUT2D eigenvalue weighted by atomic mass is 31.0. The van der Waals surface area contributed by atoms with Gasteiger partial charge < -0.3 is 10.4 Å². The van der Waals surface area contributed by atoms with Crippen molar-refractivity contribution in [3.63, 3.8) is 0 Å². The second-order valence-electron chi connectivity index (χ2n) is 5.67. The predicted octanol–water partition coefficient (Wildman–Crippen LogP) is 0.900. The topological polar surface area (TPSA) is 92.6 Å². The molecule has 2 aromatic rings. The second-order valence-corrected chi connectivity index (χ2v) is 6.29. The van der Waals surface area contributed by atoms with Gasteiger partial charge in [-0.05, 0) is 31.3 Å². The summed E-state index contributed by atoms with van der Waals surface area (Å²) in [6, 6.07) is 7.31. The zero-order chi connectivity index (χ0) is 18.6. The van der Waals surface area contributed by atoms with Gasteiger partial charge in [-0.25, -0.2) is 5.48 Å². The lowest BCUT2D eigenvalue weighted by Gasteiger charge is -2.18. The van der Waals surface area contributed by atoms with E-state index in [0.29, 0.717) is 11.4 Å². The van der Waals surface area contributed by atoms with Gasteiger partial charge in [0.15, 0.2) is 0 Å². The van der Waals surface area contributed by atoms with Gasteiger partial charge in [0.1, 0.15) is 5.82 Å². The van der Waals surface area contributed by atoms with Crippen LogP contribution in [0.3, 0.4) is 0 Å². The second kappa shape index (κ2) is 8.25. The molecule has 0 saturated heterocycles. The third-order valence-corrected chi connectivity index (χ3v) is 4.13. The van der Waals surface area contributed by atoms with Gasteiger partial charge in [-0.2, -0.15) is 0 Å². The molecule has 0 saturated carbocycles. The van der Waals surface area contributed by atoms with Crippen molar-refractivity contribution in [1.29, 1.82) is 0 Å². The van der Waals surface area contributed by atoms with Gasteiger partial charge in [0.05, 0.1) is 18.8 Å². The van der Waals surface area contributed by atoms with Crippen molar-refractivity contribution in [3.05, 3.63) is 51.3 Å². The van der Waals surface area contributed by atoms with Crippen LogP contribution in [-0.4, -0.2) is 28.8 Å². The van der Waals surface area contributed by atoms with Crippen LogP contribution in [0.2, 0.25) is 0 Å². The number of hydrogen-bond acceptors (Lipinski definition) is 5. The largest absolute Gasteiger partial charge is 0.394 e. The average Bonchev–Trinajstić information content (AvgIpc) is 2.57. The lowest BCUT2D eigenvalue weighted by Crippen LogP contribution is -2.30. The zero-order valence-corrected chi connectivity index (χ0v) is 15.6. The summed E-state index contributed by atoms with van der Waals surface area (Å²) in [7, 11) is 4.22. The molecule has 8 heteroatoms. The number of nitrogens with one attached hydrogen (secondary N) is 2. The minimum atomic E-state index is -0.507. The maximum atomic E-state index is 12.4. The maximum absolute atomic E-state index is 12.4. The summed E-state index contributed by atoms with van der Waals surface area (Å²) in [4.78, 5) is 29.6. The lowest BCUT2D eigenvalue weighted by molar-refractivity contribution is 0.0168. The van der Waals surface area contributed by atoms with E-state index in [1.807, 2.05) is 25.1 Å². The van der Waals surface area contributed by atoms with Gasteiger partial charge in [-0.1, -0.05) is 17.7 Å². The minimum absolute atomic E-state index is 0.0209. The van der Waals surface area contributed by atoms with Crippen LogP contribution >= 0.6 is 9.24 Å². The normalized spacial score (nSPS) is 10.6. The Morgan fingerprint density at radius 1 is 1.32 bits per heavy atom. The van der Waals surface area contributed by atoms with Crippen molar-refractivity contribution in [2.75, 3.05) is 18.5 Å². The van der Waals surface area contributed by atoms with Crippen molar-refractivity contribution >= 4 is 32.0 Å². The Labute approximate surface area is 148 Å². The average molecular weight is 363 g/mol. The van der Waals surface area contributed by atoms with E-state index >= 15 is 0 Å². The van der Waals surface area contributed by atoms with E-state index in [-0.39, 0.29) is 24.3 Å². The Balaban J connectivity index is 2.45. The van der Waals surface area contributed by atoms with E-state index < -0.39 is 5.91 Å². The molecule has 1 aromatic carbocycles. The standard InChI is InChI=1S/C17H22N3O4P/c1-10-4-5-13(14(25)8-10)18-15-12(16(22)19-24-7-6-21)9-11(2)17(23)20(15)3/h4-5,8-9,18,21H,6-7,25H2,1-3H3,(H,19,22). The summed E-state index contributed by atoms with van der Waals surface area (Å²) >= 11 is 0. The monoisotopic (exact) mass is 363 g/mol. The number of amides is 1. The number of carbonyl (C=O) groups excluding carboxylic acids is 1. The molecule has 0 spiro atoms. The molecule has 2 rings (SSSR count). The van der Waals surface area contributed by atoms with Crippen LogP contribution in [0.25, 0.3) is 0 Å². The van der Waals surface area contributed by atoms with Crippen molar-refractivity contribution < 1.29 is 14.7 Å². The van der Waals surface area contributed by atoms with Crippen LogP contribution in [0, 0.1) is 13.8 Å². The van der Waals surface area contributed by atoms with Crippen LogP contribution in [0.5, 0.6) is 0 Å². The molecule has 3 N–H and O–H groups in total. The number of hydroxylamine groups is 1.